The van der Waals surface area contributed by atoms with Crippen LogP contribution in [-0.2, 0) is 0 Å². The second-order valence-electron chi connectivity index (χ2n) is 4.52. The lowest BCUT2D eigenvalue weighted by Crippen LogP contribution is -2.54. The lowest BCUT2D eigenvalue weighted by molar-refractivity contribution is 0.112. The first-order valence-electron chi connectivity index (χ1n) is 5.76. The highest BCUT2D eigenvalue weighted by atomic mass is 16.1. The van der Waals surface area contributed by atoms with Gasteiger partial charge in [-0.05, 0) is 38.1 Å². The molecule has 1 fully saturated rings. The van der Waals surface area contributed by atoms with Crippen LogP contribution >= 0.6 is 0 Å². The number of carbonyl (C=O) groups is 1. The van der Waals surface area contributed by atoms with Gasteiger partial charge in [-0.15, -0.1) is 0 Å². The third kappa shape index (κ3) is 2.25. The van der Waals surface area contributed by atoms with Crippen LogP contribution in [0, 0.1) is 0 Å². The summed E-state index contributed by atoms with van der Waals surface area (Å²) in [7, 11) is 0. The van der Waals surface area contributed by atoms with Crippen LogP contribution in [0.1, 0.15) is 24.2 Å². The molecule has 1 aromatic rings. The van der Waals surface area contributed by atoms with Gasteiger partial charge in [-0.25, -0.2) is 0 Å². The van der Waals surface area contributed by atoms with Crippen molar-refractivity contribution >= 4 is 12.0 Å². The minimum Gasteiger partial charge on any atom is -0.366 e. The molecular weight excluding hydrogens is 200 g/mol. The van der Waals surface area contributed by atoms with Gasteiger partial charge in [0.05, 0.1) is 0 Å². The summed E-state index contributed by atoms with van der Waals surface area (Å²) >= 11 is 0. The van der Waals surface area contributed by atoms with E-state index in [4.69, 9.17) is 0 Å². The number of rotatable bonds is 2. The van der Waals surface area contributed by atoms with E-state index in [0.717, 1.165) is 24.9 Å². The molecule has 0 amide bonds. The Morgan fingerprint density at radius 2 is 2.00 bits per heavy atom. The van der Waals surface area contributed by atoms with E-state index in [1.165, 1.54) is 5.69 Å². The molecule has 0 aliphatic carbocycles. The maximum Gasteiger partial charge on any atom is 0.150 e. The van der Waals surface area contributed by atoms with Crippen molar-refractivity contribution in [2.75, 3.05) is 18.0 Å². The van der Waals surface area contributed by atoms with Crippen LogP contribution in [0.25, 0.3) is 0 Å². The Morgan fingerprint density at radius 3 is 2.62 bits per heavy atom. The van der Waals surface area contributed by atoms with Crippen molar-refractivity contribution in [1.82, 2.24) is 5.32 Å². The summed E-state index contributed by atoms with van der Waals surface area (Å²) in [5, 5.41) is 3.46. The summed E-state index contributed by atoms with van der Waals surface area (Å²) in [5.74, 6) is 0. The molecule has 0 radical (unpaired) electrons. The SMILES string of the molecule is C[C@@H]1CN[C@@H](C)CN1c1ccc(C=O)cc1. The van der Waals surface area contributed by atoms with Gasteiger partial charge < -0.3 is 10.2 Å². The summed E-state index contributed by atoms with van der Waals surface area (Å²) in [6.07, 6.45) is 0.883. The normalized spacial score (nSPS) is 25.5. The molecule has 1 aliphatic rings. The smallest absolute Gasteiger partial charge is 0.150 e. The van der Waals surface area contributed by atoms with Gasteiger partial charge in [0.2, 0.25) is 0 Å². The maximum absolute atomic E-state index is 10.6. The number of nitrogens with one attached hydrogen (secondary N) is 1. The number of piperazine rings is 1. The zero-order chi connectivity index (χ0) is 11.5. The highest BCUT2D eigenvalue weighted by Crippen LogP contribution is 2.19. The van der Waals surface area contributed by atoms with E-state index >= 15 is 0 Å². The van der Waals surface area contributed by atoms with Crippen molar-refractivity contribution in [3.05, 3.63) is 29.8 Å². The lowest BCUT2D eigenvalue weighted by Gasteiger charge is -2.39. The van der Waals surface area contributed by atoms with Crippen molar-refractivity contribution in [2.45, 2.75) is 25.9 Å². The molecule has 3 nitrogen and oxygen atoms in total. The lowest BCUT2D eigenvalue weighted by atomic mass is 10.1. The van der Waals surface area contributed by atoms with E-state index in [1.54, 1.807) is 0 Å². The number of anilines is 1. The molecule has 16 heavy (non-hydrogen) atoms. The zero-order valence-corrected chi connectivity index (χ0v) is 9.81. The Kier molecular flexibility index (Phi) is 3.25. The molecule has 1 aliphatic heterocycles. The van der Waals surface area contributed by atoms with Crippen LogP contribution in [0.2, 0.25) is 0 Å². The predicted octanol–water partition coefficient (Wildman–Crippen LogP) is 1.69. The summed E-state index contributed by atoms with van der Waals surface area (Å²) in [5.41, 5.74) is 1.94. The minimum atomic E-state index is 0.498. The molecule has 0 saturated carbocycles. The Balaban J connectivity index is 2.17. The average molecular weight is 218 g/mol. The third-order valence-electron chi connectivity index (χ3n) is 3.13. The fourth-order valence-electron chi connectivity index (χ4n) is 2.13. The highest BCUT2D eigenvalue weighted by Gasteiger charge is 2.22. The number of nitrogens with zero attached hydrogens (tertiary/aromatic N) is 1. The Morgan fingerprint density at radius 1 is 1.31 bits per heavy atom. The maximum atomic E-state index is 10.6. The van der Waals surface area contributed by atoms with Gasteiger partial charge in [-0.3, -0.25) is 4.79 Å². The molecule has 2 atom stereocenters. The highest BCUT2D eigenvalue weighted by molar-refractivity contribution is 5.75. The second kappa shape index (κ2) is 4.66. The number of hydrogen-bond donors (Lipinski definition) is 1. The monoisotopic (exact) mass is 218 g/mol. The van der Waals surface area contributed by atoms with Crippen molar-refractivity contribution in [3.63, 3.8) is 0 Å². The summed E-state index contributed by atoms with van der Waals surface area (Å²) < 4.78 is 0. The summed E-state index contributed by atoms with van der Waals surface area (Å²) in [6.45, 7) is 6.43. The number of aldehydes is 1. The first kappa shape index (κ1) is 11.1. The molecule has 0 aromatic heterocycles. The largest absolute Gasteiger partial charge is 0.366 e. The van der Waals surface area contributed by atoms with Crippen LogP contribution in [0.3, 0.4) is 0 Å². The molecule has 1 saturated heterocycles. The van der Waals surface area contributed by atoms with Gasteiger partial charge in [-0.1, -0.05) is 0 Å². The number of carbonyl (C=O) groups excluding carboxylic acids is 1. The van der Waals surface area contributed by atoms with E-state index < -0.39 is 0 Å². The Bertz CT molecular complexity index is 361. The molecule has 1 heterocycles. The van der Waals surface area contributed by atoms with Crippen molar-refractivity contribution in [1.29, 1.82) is 0 Å². The predicted molar refractivity (Wildman–Crippen MR) is 66.1 cm³/mol. The van der Waals surface area contributed by atoms with Crippen molar-refractivity contribution in [2.24, 2.45) is 0 Å². The summed E-state index contributed by atoms with van der Waals surface area (Å²) in [4.78, 5) is 13.0. The van der Waals surface area contributed by atoms with Gasteiger partial charge in [0.25, 0.3) is 0 Å². The van der Waals surface area contributed by atoms with Gasteiger partial charge in [0.15, 0.2) is 0 Å². The van der Waals surface area contributed by atoms with E-state index in [1.807, 2.05) is 24.3 Å². The molecule has 2 rings (SSSR count). The minimum absolute atomic E-state index is 0.498. The van der Waals surface area contributed by atoms with Crippen molar-refractivity contribution in [3.8, 4) is 0 Å². The Labute approximate surface area is 96.5 Å². The van der Waals surface area contributed by atoms with E-state index in [-0.39, 0.29) is 0 Å². The van der Waals surface area contributed by atoms with Crippen LogP contribution in [0.4, 0.5) is 5.69 Å². The first-order chi connectivity index (χ1) is 7.70. The molecule has 3 heteroatoms. The van der Waals surface area contributed by atoms with Gasteiger partial charge >= 0.3 is 0 Å². The number of hydrogen-bond acceptors (Lipinski definition) is 3. The van der Waals surface area contributed by atoms with E-state index in [9.17, 15) is 4.79 Å². The molecular formula is C13H18N2O. The summed E-state index contributed by atoms with van der Waals surface area (Å²) in [6, 6.07) is 8.82. The average Bonchev–Trinajstić information content (AvgIpc) is 2.32. The molecule has 0 spiro atoms. The van der Waals surface area contributed by atoms with Crippen LogP contribution in [0.5, 0.6) is 0 Å². The Hall–Kier alpha value is -1.35. The van der Waals surface area contributed by atoms with Crippen molar-refractivity contribution < 1.29 is 4.79 Å². The molecule has 86 valence electrons. The molecule has 1 N–H and O–H groups in total. The van der Waals surface area contributed by atoms with Gasteiger partial charge in [-0.2, -0.15) is 0 Å². The van der Waals surface area contributed by atoms with Crippen LogP contribution in [-0.4, -0.2) is 31.5 Å². The molecule has 0 bridgehead atoms. The molecule has 0 unspecified atom stereocenters. The van der Waals surface area contributed by atoms with Gasteiger partial charge in [0.1, 0.15) is 6.29 Å². The zero-order valence-electron chi connectivity index (χ0n) is 9.81. The standard InChI is InChI=1S/C13H18N2O/c1-10-8-15(11(2)7-14-10)13-5-3-12(9-16)4-6-13/h3-6,9-11,14H,7-8H2,1-2H3/t10-,11+/m0/s1. The first-order valence-corrected chi connectivity index (χ1v) is 5.76. The molecule has 1 aromatic carbocycles. The van der Waals surface area contributed by atoms with E-state index in [2.05, 4.69) is 24.1 Å². The topological polar surface area (TPSA) is 32.3 Å². The quantitative estimate of drug-likeness (QED) is 0.767. The fourth-order valence-corrected chi connectivity index (χ4v) is 2.13. The van der Waals surface area contributed by atoms with Gasteiger partial charge in [0, 0.05) is 36.4 Å². The third-order valence-corrected chi connectivity index (χ3v) is 3.13. The second-order valence-corrected chi connectivity index (χ2v) is 4.52. The number of benzene rings is 1. The van der Waals surface area contributed by atoms with E-state index in [0.29, 0.717) is 12.1 Å². The van der Waals surface area contributed by atoms with Crippen LogP contribution in [0.15, 0.2) is 24.3 Å². The fraction of sp³-hybridized carbons (Fsp3) is 0.462. The van der Waals surface area contributed by atoms with Crippen LogP contribution < -0.4 is 10.2 Å².